The lowest BCUT2D eigenvalue weighted by Crippen LogP contribution is -2.35. The van der Waals surface area contributed by atoms with Crippen molar-refractivity contribution in [3.63, 3.8) is 0 Å². The van der Waals surface area contributed by atoms with Gasteiger partial charge >= 0.3 is 0 Å². The lowest BCUT2D eigenvalue weighted by molar-refractivity contribution is -0.118. The second kappa shape index (κ2) is 6.45. The zero-order valence-electron chi connectivity index (χ0n) is 11.9. The number of para-hydroxylation sites is 1. The van der Waals surface area contributed by atoms with Crippen molar-refractivity contribution in [3.05, 3.63) is 30.3 Å². The minimum atomic E-state index is -0.475. The van der Waals surface area contributed by atoms with Crippen LogP contribution in [0.25, 0.3) is 0 Å². The quantitative estimate of drug-likeness (QED) is 0.503. The van der Waals surface area contributed by atoms with E-state index in [1.165, 1.54) is 5.01 Å². The van der Waals surface area contributed by atoms with Gasteiger partial charge in [-0.1, -0.05) is 25.1 Å². The van der Waals surface area contributed by atoms with Gasteiger partial charge in [0.05, 0.1) is 17.1 Å². The topological polar surface area (TPSA) is 83.1 Å². The summed E-state index contributed by atoms with van der Waals surface area (Å²) in [7, 11) is 0. The normalized spacial score (nSPS) is 18.7. The molecule has 0 aromatic heterocycles. The van der Waals surface area contributed by atoms with Crippen LogP contribution in [0.2, 0.25) is 0 Å². The van der Waals surface area contributed by atoms with E-state index in [9.17, 15) is 4.79 Å². The molecule has 0 saturated carbocycles. The van der Waals surface area contributed by atoms with Crippen molar-refractivity contribution in [1.82, 2.24) is 5.43 Å². The molecular formula is C14H17N5OS. The van der Waals surface area contributed by atoms with Crippen LogP contribution < -0.4 is 16.2 Å². The molecule has 0 bridgehead atoms. The molecule has 0 spiro atoms. The highest BCUT2D eigenvalue weighted by molar-refractivity contribution is 7.80. The molecule has 110 valence electrons. The monoisotopic (exact) mass is 303 g/mol. The summed E-state index contributed by atoms with van der Waals surface area (Å²) in [6.07, 6.45) is 0.599. The Bertz CT molecular complexity index is 611. The Morgan fingerprint density at radius 2 is 2.14 bits per heavy atom. The van der Waals surface area contributed by atoms with Crippen LogP contribution in [0, 0.1) is 5.92 Å². The third-order valence-corrected chi connectivity index (χ3v) is 3.23. The Hall–Kier alpha value is -2.28. The average molecular weight is 303 g/mol. The van der Waals surface area contributed by atoms with Crippen LogP contribution in [-0.2, 0) is 4.79 Å². The standard InChI is InChI=1S/C14H17N5OS/c1-3-11(16-17-14(15)21)12-9(2)18-19(13(12)20)10-7-5-4-6-8-10/h4-8,12H,3H2,1-2H3,(H3,15,17,21)/b16-11+/t12-/m1/s1. The van der Waals surface area contributed by atoms with E-state index in [-0.39, 0.29) is 11.0 Å². The fourth-order valence-electron chi connectivity index (χ4n) is 2.18. The summed E-state index contributed by atoms with van der Waals surface area (Å²) >= 11 is 4.73. The van der Waals surface area contributed by atoms with Gasteiger partial charge in [-0.3, -0.25) is 10.2 Å². The number of anilines is 1. The van der Waals surface area contributed by atoms with Crippen molar-refractivity contribution in [2.75, 3.05) is 5.01 Å². The highest BCUT2D eigenvalue weighted by Gasteiger charge is 2.37. The number of rotatable bonds is 4. The van der Waals surface area contributed by atoms with Crippen molar-refractivity contribution in [1.29, 1.82) is 0 Å². The van der Waals surface area contributed by atoms with E-state index in [0.717, 1.165) is 5.69 Å². The number of hydrogen-bond acceptors (Lipinski definition) is 4. The Morgan fingerprint density at radius 3 is 2.71 bits per heavy atom. The number of nitrogens with one attached hydrogen (secondary N) is 1. The molecule has 2 rings (SSSR count). The molecule has 0 aliphatic carbocycles. The summed E-state index contributed by atoms with van der Waals surface area (Å²) in [6.45, 7) is 3.74. The molecule has 1 aromatic rings. The van der Waals surface area contributed by atoms with Gasteiger partial charge in [0.1, 0.15) is 5.92 Å². The lowest BCUT2D eigenvalue weighted by atomic mass is 9.96. The van der Waals surface area contributed by atoms with E-state index < -0.39 is 5.92 Å². The van der Waals surface area contributed by atoms with E-state index >= 15 is 0 Å². The SMILES string of the molecule is CC/C(=N\NC(N)=S)[C@@H]1C(=O)N(c2ccccc2)N=C1C. The van der Waals surface area contributed by atoms with Crippen LogP contribution in [0.4, 0.5) is 5.69 Å². The van der Waals surface area contributed by atoms with Crippen LogP contribution in [0.5, 0.6) is 0 Å². The fraction of sp³-hybridized carbons (Fsp3) is 0.286. The lowest BCUT2D eigenvalue weighted by Gasteiger charge is -2.15. The summed E-state index contributed by atoms with van der Waals surface area (Å²) in [5.41, 5.74) is 10.0. The molecular weight excluding hydrogens is 286 g/mol. The van der Waals surface area contributed by atoms with Crippen molar-refractivity contribution in [3.8, 4) is 0 Å². The van der Waals surface area contributed by atoms with Gasteiger partial charge < -0.3 is 5.73 Å². The van der Waals surface area contributed by atoms with Crippen LogP contribution in [0.15, 0.2) is 40.5 Å². The predicted molar refractivity (Wildman–Crippen MR) is 88.2 cm³/mol. The molecule has 3 N–H and O–H groups in total. The molecule has 1 amide bonds. The molecule has 1 aliphatic heterocycles. The maximum absolute atomic E-state index is 12.6. The first kappa shape index (κ1) is 15.1. The van der Waals surface area contributed by atoms with Crippen molar-refractivity contribution < 1.29 is 4.79 Å². The first-order chi connectivity index (χ1) is 10.0. The van der Waals surface area contributed by atoms with Gasteiger partial charge in [-0.25, -0.2) is 0 Å². The van der Waals surface area contributed by atoms with Crippen LogP contribution in [0.1, 0.15) is 20.3 Å². The Morgan fingerprint density at radius 1 is 1.48 bits per heavy atom. The highest BCUT2D eigenvalue weighted by atomic mass is 32.1. The largest absolute Gasteiger partial charge is 0.375 e. The minimum Gasteiger partial charge on any atom is -0.375 e. The first-order valence-electron chi connectivity index (χ1n) is 6.60. The molecule has 1 atom stereocenters. The van der Waals surface area contributed by atoms with Crippen LogP contribution in [0.3, 0.4) is 0 Å². The maximum Gasteiger partial charge on any atom is 0.262 e. The summed E-state index contributed by atoms with van der Waals surface area (Å²) in [5, 5.41) is 9.95. The van der Waals surface area contributed by atoms with Gasteiger partial charge in [0.2, 0.25) is 0 Å². The number of amides is 1. The Labute approximate surface area is 128 Å². The predicted octanol–water partition coefficient (Wildman–Crippen LogP) is 1.62. The number of carbonyl (C=O) groups is 1. The third kappa shape index (κ3) is 3.25. The zero-order valence-corrected chi connectivity index (χ0v) is 12.7. The summed E-state index contributed by atoms with van der Waals surface area (Å²) in [5.74, 6) is -0.596. The van der Waals surface area contributed by atoms with Crippen molar-refractivity contribution in [2.45, 2.75) is 20.3 Å². The number of nitrogens with two attached hydrogens (primary N) is 1. The van der Waals surface area contributed by atoms with Crippen LogP contribution in [-0.4, -0.2) is 22.4 Å². The molecule has 0 fully saturated rings. The number of benzene rings is 1. The molecule has 1 heterocycles. The second-order valence-electron chi connectivity index (χ2n) is 4.59. The van der Waals surface area contributed by atoms with Gasteiger partial charge in [0, 0.05) is 0 Å². The van der Waals surface area contributed by atoms with E-state index in [4.69, 9.17) is 18.0 Å². The number of hydrazone groups is 2. The molecule has 0 unspecified atom stereocenters. The Kier molecular flexibility index (Phi) is 4.64. The molecule has 0 radical (unpaired) electrons. The van der Waals surface area contributed by atoms with Crippen LogP contribution >= 0.6 is 12.2 Å². The first-order valence-corrected chi connectivity index (χ1v) is 7.01. The van der Waals surface area contributed by atoms with E-state index in [2.05, 4.69) is 15.6 Å². The number of hydrogen-bond donors (Lipinski definition) is 2. The number of thiocarbonyl (C=S) groups is 1. The second-order valence-corrected chi connectivity index (χ2v) is 5.03. The zero-order chi connectivity index (χ0) is 15.4. The van der Waals surface area contributed by atoms with Gasteiger partial charge in [0.25, 0.3) is 5.91 Å². The smallest absolute Gasteiger partial charge is 0.262 e. The highest BCUT2D eigenvalue weighted by Crippen LogP contribution is 2.25. The number of nitrogens with zero attached hydrogens (tertiary/aromatic N) is 3. The Balaban J connectivity index is 2.27. The summed E-state index contributed by atoms with van der Waals surface area (Å²) < 4.78 is 0. The molecule has 6 nitrogen and oxygen atoms in total. The molecule has 1 aliphatic rings. The number of carbonyl (C=O) groups excluding carboxylic acids is 1. The van der Waals surface area contributed by atoms with Crippen molar-refractivity contribution in [2.24, 2.45) is 21.9 Å². The maximum atomic E-state index is 12.6. The van der Waals surface area contributed by atoms with E-state index in [0.29, 0.717) is 17.8 Å². The third-order valence-electron chi connectivity index (χ3n) is 3.14. The summed E-state index contributed by atoms with van der Waals surface area (Å²) in [4.78, 5) is 12.6. The molecule has 7 heteroatoms. The van der Waals surface area contributed by atoms with E-state index in [1.807, 2.05) is 44.2 Å². The minimum absolute atomic E-state index is 0.0703. The molecule has 21 heavy (non-hydrogen) atoms. The van der Waals surface area contributed by atoms with Gasteiger partial charge in [-0.2, -0.15) is 15.2 Å². The van der Waals surface area contributed by atoms with Gasteiger partial charge in [0.15, 0.2) is 5.11 Å². The van der Waals surface area contributed by atoms with Gasteiger partial charge in [-0.15, -0.1) is 0 Å². The fourth-order valence-corrected chi connectivity index (χ4v) is 2.22. The molecule has 0 saturated heterocycles. The van der Waals surface area contributed by atoms with Crippen molar-refractivity contribution >= 4 is 40.3 Å². The average Bonchev–Trinajstić information content (AvgIpc) is 2.77. The summed E-state index contributed by atoms with van der Waals surface area (Å²) in [6, 6.07) is 9.30. The van der Waals surface area contributed by atoms with Gasteiger partial charge in [-0.05, 0) is 37.7 Å². The molecule has 1 aromatic carbocycles. The van der Waals surface area contributed by atoms with E-state index in [1.54, 1.807) is 0 Å².